The maximum Gasteiger partial charge on any atom is 0.223 e. The van der Waals surface area contributed by atoms with Crippen molar-refractivity contribution in [2.24, 2.45) is 5.92 Å². The van der Waals surface area contributed by atoms with Crippen molar-refractivity contribution in [3.63, 3.8) is 0 Å². The standard InChI is InChI=1S/C18H25NO5.ClH/c1-22-15-9-13(10-16(23-2)17(15)24-3)14(20)11-19-18(21)12-7-5-4-6-8-12;/h9-10,12H,4-8,11H2,1-3H3,(H,19,21);1H. The molecule has 0 bridgehead atoms. The van der Waals surface area contributed by atoms with Crippen LogP contribution in [0.15, 0.2) is 12.1 Å². The zero-order valence-corrected chi connectivity index (χ0v) is 15.7. The maximum atomic E-state index is 12.4. The van der Waals surface area contributed by atoms with E-state index in [9.17, 15) is 9.59 Å². The summed E-state index contributed by atoms with van der Waals surface area (Å²) in [5.41, 5.74) is 0.411. The van der Waals surface area contributed by atoms with E-state index in [4.69, 9.17) is 14.2 Å². The molecule has 0 atom stereocenters. The molecule has 1 aromatic rings. The number of carbonyl (C=O) groups excluding carboxylic acids is 2. The van der Waals surface area contributed by atoms with Gasteiger partial charge in [0.25, 0.3) is 0 Å². The Morgan fingerprint density at radius 1 is 1.00 bits per heavy atom. The number of benzene rings is 1. The van der Waals surface area contributed by atoms with Crippen LogP contribution in [-0.4, -0.2) is 39.6 Å². The molecule has 0 heterocycles. The predicted octanol–water partition coefficient (Wildman–Crippen LogP) is 3.01. The maximum absolute atomic E-state index is 12.4. The van der Waals surface area contributed by atoms with Crippen LogP contribution >= 0.6 is 12.4 Å². The Morgan fingerprint density at radius 3 is 2.04 bits per heavy atom. The van der Waals surface area contributed by atoms with E-state index in [1.807, 2.05) is 0 Å². The summed E-state index contributed by atoms with van der Waals surface area (Å²) >= 11 is 0. The Morgan fingerprint density at radius 2 is 1.56 bits per heavy atom. The van der Waals surface area contributed by atoms with E-state index in [1.165, 1.54) is 27.8 Å². The summed E-state index contributed by atoms with van der Waals surface area (Å²) in [5, 5.41) is 2.75. The van der Waals surface area contributed by atoms with Gasteiger partial charge in [-0.1, -0.05) is 19.3 Å². The average molecular weight is 372 g/mol. The lowest BCUT2D eigenvalue weighted by Crippen LogP contribution is -2.35. The van der Waals surface area contributed by atoms with Crippen molar-refractivity contribution in [2.45, 2.75) is 32.1 Å². The van der Waals surface area contributed by atoms with Crippen LogP contribution in [0.5, 0.6) is 17.2 Å². The van der Waals surface area contributed by atoms with Gasteiger partial charge in [0.1, 0.15) is 0 Å². The fourth-order valence-electron chi connectivity index (χ4n) is 3.02. The van der Waals surface area contributed by atoms with Crippen molar-refractivity contribution in [1.82, 2.24) is 5.32 Å². The van der Waals surface area contributed by atoms with E-state index >= 15 is 0 Å². The minimum Gasteiger partial charge on any atom is -0.493 e. The van der Waals surface area contributed by atoms with E-state index in [1.54, 1.807) is 12.1 Å². The van der Waals surface area contributed by atoms with Crippen LogP contribution in [0.4, 0.5) is 0 Å². The number of hydrogen-bond acceptors (Lipinski definition) is 5. The second kappa shape index (κ2) is 10.1. The third kappa shape index (κ3) is 5.26. The molecule has 0 spiro atoms. The molecule has 0 radical (unpaired) electrons. The van der Waals surface area contributed by atoms with Crippen molar-refractivity contribution in [2.75, 3.05) is 27.9 Å². The summed E-state index contributed by atoms with van der Waals surface area (Å²) < 4.78 is 15.7. The van der Waals surface area contributed by atoms with Crippen LogP contribution in [0, 0.1) is 5.92 Å². The summed E-state index contributed by atoms with van der Waals surface area (Å²) in [5.74, 6) is 1.07. The number of ether oxygens (including phenoxy) is 3. The topological polar surface area (TPSA) is 73.9 Å². The summed E-state index contributed by atoms with van der Waals surface area (Å²) in [6.07, 6.45) is 5.17. The van der Waals surface area contributed by atoms with Crippen LogP contribution in [0.2, 0.25) is 0 Å². The zero-order valence-electron chi connectivity index (χ0n) is 14.9. The largest absolute Gasteiger partial charge is 0.493 e. The molecule has 1 fully saturated rings. The smallest absolute Gasteiger partial charge is 0.223 e. The van der Waals surface area contributed by atoms with Crippen molar-refractivity contribution in [3.05, 3.63) is 17.7 Å². The van der Waals surface area contributed by atoms with Crippen LogP contribution in [-0.2, 0) is 4.79 Å². The second-order valence-corrected chi connectivity index (χ2v) is 5.89. The monoisotopic (exact) mass is 371 g/mol. The number of hydrogen-bond donors (Lipinski definition) is 1. The van der Waals surface area contributed by atoms with Crippen molar-refractivity contribution in [3.8, 4) is 17.2 Å². The average Bonchev–Trinajstić information content (AvgIpc) is 2.65. The van der Waals surface area contributed by atoms with Gasteiger partial charge in [0.15, 0.2) is 17.3 Å². The quantitative estimate of drug-likeness (QED) is 0.746. The van der Waals surface area contributed by atoms with Gasteiger partial charge in [-0.3, -0.25) is 9.59 Å². The first kappa shape index (κ1) is 21.1. The molecule has 0 aliphatic heterocycles. The number of Topliss-reactive ketones (excluding diaryl/α,β-unsaturated/α-hetero) is 1. The molecule has 2 rings (SSSR count). The lowest BCUT2D eigenvalue weighted by atomic mass is 9.88. The van der Waals surface area contributed by atoms with Gasteiger partial charge in [0, 0.05) is 11.5 Å². The lowest BCUT2D eigenvalue weighted by Gasteiger charge is -2.20. The van der Waals surface area contributed by atoms with E-state index in [2.05, 4.69) is 5.32 Å². The molecule has 0 aromatic heterocycles. The number of amides is 1. The molecule has 1 saturated carbocycles. The van der Waals surface area contributed by atoms with Crippen LogP contribution in [0.3, 0.4) is 0 Å². The Kier molecular flexibility index (Phi) is 8.55. The van der Waals surface area contributed by atoms with Crippen molar-refractivity contribution in [1.29, 1.82) is 0 Å². The van der Waals surface area contributed by atoms with Crippen LogP contribution in [0.1, 0.15) is 42.5 Å². The van der Waals surface area contributed by atoms with E-state index < -0.39 is 0 Å². The zero-order chi connectivity index (χ0) is 17.5. The second-order valence-electron chi connectivity index (χ2n) is 5.89. The first-order valence-corrected chi connectivity index (χ1v) is 8.21. The molecular formula is C18H26ClNO5. The van der Waals surface area contributed by atoms with Gasteiger partial charge >= 0.3 is 0 Å². The van der Waals surface area contributed by atoms with Gasteiger partial charge in [-0.2, -0.15) is 0 Å². The number of carbonyl (C=O) groups is 2. The fourth-order valence-corrected chi connectivity index (χ4v) is 3.02. The predicted molar refractivity (Wildman–Crippen MR) is 97.3 cm³/mol. The van der Waals surface area contributed by atoms with Gasteiger partial charge in [-0.25, -0.2) is 0 Å². The third-order valence-corrected chi connectivity index (χ3v) is 4.39. The Balaban J connectivity index is 0.00000312. The molecule has 1 aliphatic carbocycles. The summed E-state index contributed by atoms with van der Waals surface area (Å²) in [6.45, 7) is -0.0338. The summed E-state index contributed by atoms with van der Waals surface area (Å²) in [4.78, 5) is 24.5. The van der Waals surface area contributed by atoms with E-state index in [-0.39, 0.29) is 36.6 Å². The minimum absolute atomic E-state index is 0. The molecule has 0 saturated heterocycles. The molecule has 1 N–H and O–H groups in total. The molecular weight excluding hydrogens is 346 g/mol. The lowest BCUT2D eigenvalue weighted by molar-refractivity contribution is -0.125. The Hall–Kier alpha value is -1.95. The Bertz CT molecular complexity index is 574. The molecule has 6 nitrogen and oxygen atoms in total. The van der Waals surface area contributed by atoms with Crippen molar-refractivity contribution >= 4 is 24.1 Å². The highest BCUT2D eigenvalue weighted by molar-refractivity contribution is 6.00. The number of methoxy groups -OCH3 is 3. The van der Waals surface area contributed by atoms with Crippen LogP contribution < -0.4 is 19.5 Å². The van der Waals surface area contributed by atoms with Gasteiger partial charge in [-0.05, 0) is 25.0 Å². The highest BCUT2D eigenvalue weighted by atomic mass is 35.5. The summed E-state index contributed by atoms with van der Waals surface area (Å²) in [6, 6.07) is 3.19. The summed E-state index contributed by atoms with van der Waals surface area (Å²) in [7, 11) is 4.50. The van der Waals surface area contributed by atoms with Gasteiger partial charge in [-0.15, -0.1) is 12.4 Å². The fraction of sp³-hybridized carbons (Fsp3) is 0.556. The number of rotatable bonds is 7. The highest BCUT2D eigenvalue weighted by Gasteiger charge is 2.22. The first-order chi connectivity index (χ1) is 11.6. The van der Waals surface area contributed by atoms with Crippen molar-refractivity contribution < 1.29 is 23.8 Å². The van der Waals surface area contributed by atoms with Gasteiger partial charge in [0.05, 0.1) is 27.9 Å². The van der Waals surface area contributed by atoms with Gasteiger partial charge < -0.3 is 19.5 Å². The molecule has 1 aromatic carbocycles. The van der Waals surface area contributed by atoms with E-state index in [0.29, 0.717) is 22.8 Å². The molecule has 140 valence electrons. The number of halogens is 1. The number of ketones is 1. The third-order valence-electron chi connectivity index (χ3n) is 4.39. The highest BCUT2D eigenvalue weighted by Crippen LogP contribution is 2.38. The molecule has 1 amide bonds. The SMILES string of the molecule is COc1cc(C(=O)CNC(=O)C2CCCCC2)cc(OC)c1OC.Cl. The first-order valence-electron chi connectivity index (χ1n) is 8.21. The van der Waals surface area contributed by atoms with Gasteiger partial charge in [0.2, 0.25) is 11.7 Å². The Labute approximate surface area is 154 Å². The molecule has 1 aliphatic rings. The molecule has 25 heavy (non-hydrogen) atoms. The number of nitrogens with one attached hydrogen (secondary N) is 1. The van der Waals surface area contributed by atoms with E-state index in [0.717, 1.165) is 25.7 Å². The normalized spacial score (nSPS) is 14.2. The van der Waals surface area contributed by atoms with Crippen LogP contribution in [0.25, 0.3) is 0 Å². The molecule has 0 unspecified atom stereocenters. The molecule has 7 heteroatoms. The minimum atomic E-state index is -0.196.